The summed E-state index contributed by atoms with van der Waals surface area (Å²) in [6, 6.07) is 8.07. The summed E-state index contributed by atoms with van der Waals surface area (Å²) in [4.78, 5) is 25.8. The van der Waals surface area contributed by atoms with E-state index in [9.17, 15) is 19.8 Å². The first-order valence-electron chi connectivity index (χ1n) is 13.8. The molecule has 1 aliphatic carbocycles. The maximum atomic E-state index is 13.2. The summed E-state index contributed by atoms with van der Waals surface area (Å²) in [6.07, 6.45) is 6.07. The first kappa shape index (κ1) is 30.3. The first-order valence-corrected chi connectivity index (χ1v) is 13.8. The minimum Gasteiger partial charge on any atom is -0.465 e. The van der Waals surface area contributed by atoms with Gasteiger partial charge in [0, 0.05) is 0 Å². The molecule has 0 saturated heterocycles. The van der Waals surface area contributed by atoms with Gasteiger partial charge in [0.1, 0.15) is 12.1 Å². The molecule has 0 spiro atoms. The number of aliphatic hydroxyl groups excluding tert-OH is 2. The summed E-state index contributed by atoms with van der Waals surface area (Å²) in [5, 5.41) is 27.8. The van der Waals surface area contributed by atoms with E-state index in [1.165, 1.54) is 6.42 Å². The molecule has 0 unspecified atom stereocenters. The molecule has 1 aromatic rings. The Morgan fingerprint density at radius 1 is 1.06 bits per heavy atom. The lowest BCUT2D eigenvalue weighted by Crippen LogP contribution is -2.56. The molecule has 7 heteroatoms. The lowest BCUT2D eigenvalue weighted by atomic mass is 9.82. The van der Waals surface area contributed by atoms with E-state index >= 15 is 0 Å². The van der Waals surface area contributed by atoms with Gasteiger partial charge in [-0.05, 0) is 56.9 Å². The van der Waals surface area contributed by atoms with Crippen LogP contribution in [0.3, 0.4) is 0 Å². The summed E-state index contributed by atoms with van der Waals surface area (Å²) >= 11 is 0. The Morgan fingerprint density at radius 2 is 1.72 bits per heavy atom. The van der Waals surface area contributed by atoms with Gasteiger partial charge in [0.05, 0.1) is 24.8 Å². The normalized spacial score (nSPS) is 18.8. The number of ether oxygens (including phenoxy) is 1. The zero-order chi connectivity index (χ0) is 26.5. The number of hydrogen-bond donors (Lipinski definition) is 4. The highest BCUT2D eigenvalue weighted by Crippen LogP contribution is 2.29. The highest BCUT2D eigenvalue weighted by atomic mass is 16.5. The van der Waals surface area contributed by atoms with Crippen LogP contribution in [0.2, 0.25) is 0 Å². The molecule has 7 nitrogen and oxygen atoms in total. The van der Waals surface area contributed by atoms with Crippen LogP contribution >= 0.6 is 0 Å². The molecule has 1 fully saturated rings. The van der Waals surface area contributed by atoms with Crippen LogP contribution < -0.4 is 10.6 Å². The van der Waals surface area contributed by atoms with E-state index in [0.717, 1.165) is 31.2 Å². The Labute approximate surface area is 217 Å². The molecular weight excluding hydrogens is 456 g/mol. The number of carbonyl (C=O) groups excluding carboxylic acids is 2. The van der Waals surface area contributed by atoms with Gasteiger partial charge in [-0.1, -0.05) is 76.3 Å². The third-order valence-electron chi connectivity index (χ3n) is 7.14. The molecule has 0 aliphatic heterocycles. The average Bonchev–Trinajstić information content (AvgIpc) is 2.86. The smallest absolute Gasteiger partial charge is 0.323 e. The zero-order valence-corrected chi connectivity index (χ0v) is 22.6. The number of carbonyl (C=O) groups is 2. The molecule has 204 valence electrons. The van der Waals surface area contributed by atoms with E-state index in [1.807, 2.05) is 44.2 Å². The number of esters is 1. The summed E-state index contributed by atoms with van der Waals surface area (Å²) in [5.74, 6) is -0.0116. The molecule has 1 aliphatic rings. The Bertz CT molecular complexity index is 766. The van der Waals surface area contributed by atoms with Gasteiger partial charge >= 0.3 is 5.97 Å². The molecule has 0 heterocycles. The van der Waals surface area contributed by atoms with Gasteiger partial charge in [0.25, 0.3) is 0 Å². The third kappa shape index (κ3) is 10.6. The van der Waals surface area contributed by atoms with Crippen LogP contribution in [0.15, 0.2) is 30.3 Å². The van der Waals surface area contributed by atoms with E-state index in [4.69, 9.17) is 4.74 Å². The van der Waals surface area contributed by atoms with Crippen molar-refractivity contribution in [3.63, 3.8) is 0 Å². The SMILES string of the molecule is CCOC(=O)[C@@H](CCc1ccccc1)N[C@@H](C)C(=O)N[C@@H](CC1CCCCC1)[C@@H](O)[C@@H](O)CC(C)C. The van der Waals surface area contributed by atoms with Crippen molar-refractivity contribution in [2.24, 2.45) is 11.8 Å². The minimum atomic E-state index is -1.04. The van der Waals surface area contributed by atoms with Crippen LogP contribution in [-0.2, 0) is 20.7 Å². The number of rotatable bonds is 15. The van der Waals surface area contributed by atoms with Crippen LogP contribution in [0.5, 0.6) is 0 Å². The van der Waals surface area contributed by atoms with Crippen molar-refractivity contribution in [2.45, 2.75) is 116 Å². The van der Waals surface area contributed by atoms with Gasteiger partial charge in [-0.3, -0.25) is 14.9 Å². The van der Waals surface area contributed by atoms with Crippen LogP contribution in [0, 0.1) is 11.8 Å². The minimum absolute atomic E-state index is 0.233. The molecule has 1 saturated carbocycles. The van der Waals surface area contributed by atoms with Crippen molar-refractivity contribution >= 4 is 11.9 Å². The standard InChI is InChI=1S/C29H48N2O5/c1-5-36-29(35)24(17-16-22-12-8-6-9-13-22)30-21(4)28(34)31-25(19-23-14-10-7-11-15-23)27(33)26(32)18-20(2)3/h6,8-9,12-13,20-21,23-27,30,32-33H,5,7,10-11,14-19H2,1-4H3,(H,31,34)/t21-,24+,25-,26-,27+/m0/s1. The van der Waals surface area contributed by atoms with Gasteiger partial charge in [-0.15, -0.1) is 0 Å². The van der Waals surface area contributed by atoms with Crippen molar-refractivity contribution in [2.75, 3.05) is 6.61 Å². The molecule has 2 rings (SSSR count). The first-order chi connectivity index (χ1) is 17.2. The Balaban J connectivity index is 2.05. The van der Waals surface area contributed by atoms with Gasteiger partial charge < -0.3 is 20.3 Å². The second kappa shape index (κ2) is 16.0. The van der Waals surface area contributed by atoms with Gasteiger partial charge in [-0.25, -0.2) is 0 Å². The monoisotopic (exact) mass is 504 g/mol. The van der Waals surface area contributed by atoms with Crippen molar-refractivity contribution < 1.29 is 24.5 Å². The molecule has 36 heavy (non-hydrogen) atoms. The van der Waals surface area contributed by atoms with Crippen LogP contribution in [-0.4, -0.2) is 59.0 Å². The topological polar surface area (TPSA) is 108 Å². The lowest BCUT2D eigenvalue weighted by Gasteiger charge is -2.33. The Kier molecular flexibility index (Phi) is 13.5. The van der Waals surface area contributed by atoms with Crippen molar-refractivity contribution in [3.05, 3.63) is 35.9 Å². The summed E-state index contributed by atoms with van der Waals surface area (Å²) in [7, 11) is 0. The molecular formula is C29H48N2O5. The fraction of sp³-hybridized carbons (Fsp3) is 0.724. The number of nitrogens with one attached hydrogen (secondary N) is 2. The summed E-state index contributed by atoms with van der Waals surface area (Å²) in [5.41, 5.74) is 1.11. The maximum absolute atomic E-state index is 13.2. The number of hydrogen-bond acceptors (Lipinski definition) is 6. The molecule has 0 bridgehead atoms. The van der Waals surface area contributed by atoms with Crippen molar-refractivity contribution in [1.29, 1.82) is 0 Å². The maximum Gasteiger partial charge on any atom is 0.323 e. The van der Waals surface area contributed by atoms with Gasteiger partial charge in [-0.2, -0.15) is 0 Å². The summed E-state index contributed by atoms with van der Waals surface area (Å²) in [6.45, 7) is 7.76. The Hall–Kier alpha value is -1.96. The molecule has 0 radical (unpaired) electrons. The molecule has 1 amide bonds. The van der Waals surface area contributed by atoms with E-state index < -0.39 is 30.3 Å². The van der Waals surface area contributed by atoms with E-state index in [-0.39, 0.29) is 24.4 Å². The predicted octanol–water partition coefficient (Wildman–Crippen LogP) is 3.75. The molecule has 0 aromatic heterocycles. The number of aliphatic hydroxyl groups is 2. The highest BCUT2D eigenvalue weighted by molar-refractivity contribution is 5.83. The predicted molar refractivity (Wildman–Crippen MR) is 142 cm³/mol. The Morgan fingerprint density at radius 3 is 2.33 bits per heavy atom. The fourth-order valence-electron chi connectivity index (χ4n) is 5.11. The summed E-state index contributed by atoms with van der Waals surface area (Å²) < 4.78 is 5.26. The second-order valence-corrected chi connectivity index (χ2v) is 10.8. The third-order valence-corrected chi connectivity index (χ3v) is 7.14. The number of benzene rings is 1. The fourth-order valence-corrected chi connectivity index (χ4v) is 5.11. The molecule has 4 N–H and O–H groups in total. The van der Waals surface area contributed by atoms with Crippen LogP contribution in [0.1, 0.15) is 84.6 Å². The van der Waals surface area contributed by atoms with Gasteiger partial charge in [0.15, 0.2) is 0 Å². The van der Waals surface area contributed by atoms with Gasteiger partial charge in [0.2, 0.25) is 5.91 Å². The van der Waals surface area contributed by atoms with Crippen molar-refractivity contribution in [1.82, 2.24) is 10.6 Å². The highest BCUT2D eigenvalue weighted by Gasteiger charge is 2.33. The number of aryl methyl sites for hydroxylation is 1. The largest absolute Gasteiger partial charge is 0.465 e. The second-order valence-electron chi connectivity index (χ2n) is 10.8. The zero-order valence-electron chi connectivity index (χ0n) is 22.6. The molecule has 5 atom stereocenters. The van der Waals surface area contributed by atoms with Crippen LogP contribution in [0.4, 0.5) is 0 Å². The van der Waals surface area contributed by atoms with E-state index in [0.29, 0.717) is 31.6 Å². The van der Waals surface area contributed by atoms with Crippen molar-refractivity contribution in [3.8, 4) is 0 Å². The van der Waals surface area contributed by atoms with E-state index in [1.54, 1.807) is 13.8 Å². The number of amides is 1. The molecule has 1 aromatic carbocycles. The average molecular weight is 505 g/mol. The van der Waals surface area contributed by atoms with Crippen LogP contribution in [0.25, 0.3) is 0 Å². The quantitative estimate of drug-likeness (QED) is 0.271. The lowest BCUT2D eigenvalue weighted by molar-refractivity contribution is -0.146. The van der Waals surface area contributed by atoms with E-state index in [2.05, 4.69) is 10.6 Å².